The lowest BCUT2D eigenvalue weighted by atomic mass is 10.1. The fourth-order valence-electron chi connectivity index (χ4n) is 2.62. The Kier molecular flexibility index (Phi) is 5.09. The summed E-state index contributed by atoms with van der Waals surface area (Å²) in [6, 6.07) is 4.00. The Morgan fingerprint density at radius 2 is 1.65 bits per heavy atom. The number of benzene rings is 1. The molecule has 1 saturated heterocycles. The first-order valence-electron chi connectivity index (χ1n) is 7.01. The normalized spacial score (nSPS) is 17.0. The molecule has 5 heteroatoms. The molecule has 0 unspecified atom stereocenters. The molecule has 1 heterocycles. The topological polar surface area (TPSA) is 35.4 Å². The molecule has 0 aliphatic carbocycles. The molecule has 0 spiro atoms. The van der Waals surface area contributed by atoms with Gasteiger partial charge in [-0.3, -0.25) is 4.90 Å². The molecule has 0 radical (unpaired) electrons. The minimum atomic E-state index is 0.673. The van der Waals surface area contributed by atoms with Crippen LogP contribution >= 0.6 is 0 Å². The van der Waals surface area contributed by atoms with Crippen molar-refractivity contribution in [3.8, 4) is 17.2 Å². The van der Waals surface area contributed by atoms with Crippen LogP contribution in [-0.2, 0) is 6.54 Å². The summed E-state index contributed by atoms with van der Waals surface area (Å²) in [5.41, 5.74) is 1.14. The molecule has 1 aliphatic rings. The Labute approximate surface area is 121 Å². The number of likely N-dealkylation sites (N-methyl/N-ethyl adjacent to an activating group) is 1. The van der Waals surface area contributed by atoms with Gasteiger partial charge in [0.2, 0.25) is 5.75 Å². The lowest BCUT2D eigenvalue weighted by Crippen LogP contribution is -3.11. The molecule has 1 aromatic rings. The molecule has 0 amide bonds. The Morgan fingerprint density at radius 1 is 1.00 bits per heavy atom. The van der Waals surface area contributed by atoms with Crippen molar-refractivity contribution in [3.63, 3.8) is 0 Å². The van der Waals surface area contributed by atoms with Gasteiger partial charge in [0.05, 0.1) is 41.5 Å². The second-order valence-corrected chi connectivity index (χ2v) is 5.23. The number of hydrogen-bond acceptors (Lipinski definition) is 4. The highest BCUT2D eigenvalue weighted by Gasteiger charge is 2.21. The number of quaternary nitrogens is 1. The van der Waals surface area contributed by atoms with E-state index < -0.39 is 0 Å². The molecule has 2 rings (SSSR count). The fourth-order valence-corrected chi connectivity index (χ4v) is 2.62. The van der Waals surface area contributed by atoms with E-state index in [-0.39, 0.29) is 0 Å². The van der Waals surface area contributed by atoms with Gasteiger partial charge in [-0.15, -0.1) is 0 Å². The van der Waals surface area contributed by atoms with Crippen molar-refractivity contribution in [2.45, 2.75) is 6.54 Å². The summed E-state index contributed by atoms with van der Waals surface area (Å²) >= 11 is 0. The van der Waals surface area contributed by atoms with Crippen LogP contribution in [-0.4, -0.2) is 59.5 Å². The molecular weight excluding hydrogens is 256 g/mol. The maximum absolute atomic E-state index is 5.54. The summed E-state index contributed by atoms with van der Waals surface area (Å²) in [6.07, 6.45) is 0. The number of rotatable bonds is 5. The van der Waals surface area contributed by atoms with E-state index >= 15 is 0 Å². The molecule has 0 aromatic heterocycles. The standard InChI is InChI=1S/C15H24N2O3/c1-16-7-9-17(10-8-16)11-12-5-6-13(18-2)15(20-4)14(12)19-3/h5-6H,7-11H2,1-4H3/p+1. The number of hydrogen-bond donors (Lipinski definition) is 1. The summed E-state index contributed by atoms with van der Waals surface area (Å²) in [7, 11) is 7.20. The zero-order valence-corrected chi connectivity index (χ0v) is 12.9. The van der Waals surface area contributed by atoms with E-state index in [4.69, 9.17) is 14.2 Å². The van der Waals surface area contributed by atoms with Crippen molar-refractivity contribution < 1.29 is 19.1 Å². The van der Waals surface area contributed by atoms with Crippen LogP contribution < -0.4 is 19.1 Å². The zero-order chi connectivity index (χ0) is 14.5. The third-order valence-corrected chi connectivity index (χ3v) is 3.89. The average molecular weight is 281 g/mol. The molecule has 20 heavy (non-hydrogen) atoms. The van der Waals surface area contributed by atoms with Gasteiger partial charge in [-0.1, -0.05) is 6.07 Å². The number of methoxy groups -OCH3 is 3. The third-order valence-electron chi connectivity index (χ3n) is 3.89. The van der Waals surface area contributed by atoms with Gasteiger partial charge in [0.25, 0.3) is 0 Å². The highest BCUT2D eigenvalue weighted by atomic mass is 16.5. The predicted molar refractivity (Wildman–Crippen MR) is 78.0 cm³/mol. The Morgan fingerprint density at radius 3 is 2.20 bits per heavy atom. The number of ether oxygens (including phenoxy) is 3. The molecule has 0 bridgehead atoms. The maximum atomic E-state index is 5.54. The van der Waals surface area contributed by atoms with Gasteiger partial charge >= 0.3 is 0 Å². The van der Waals surface area contributed by atoms with Crippen LogP contribution in [0.25, 0.3) is 0 Å². The van der Waals surface area contributed by atoms with E-state index in [9.17, 15) is 0 Å². The summed E-state index contributed by atoms with van der Waals surface area (Å²) in [5.74, 6) is 2.15. The Bertz CT molecular complexity index is 443. The average Bonchev–Trinajstić information content (AvgIpc) is 2.48. The second-order valence-electron chi connectivity index (χ2n) is 5.23. The molecule has 0 saturated carbocycles. The van der Waals surface area contributed by atoms with Crippen molar-refractivity contribution in [1.82, 2.24) is 4.90 Å². The van der Waals surface area contributed by atoms with Gasteiger partial charge in [0, 0.05) is 25.2 Å². The summed E-state index contributed by atoms with van der Waals surface area (Å²) in [6.45, 7) is 5.49. The predicted octanol–water partition coefficient (Wildman–Crippen LogP) is 0.0427. The highest BCUT2D eigenvalue weighted by molar-refractivity contribution is 5.55. The van der Waals surface area contributed by atoms with Crippen molar-refractivity contribution in [2.75, 3.05) is 54.6 Å². The van der Waals surface area contributed by atoms with Crippen molar-refractivity contribution in [3.05, 3.63) is 17.7 Å². The van der Waals surface area contributed by atoms with Gasteiger partial charge in [-0.05, 0) is 6.07 Å². The quantitative estimate of drug-likeness (QED) is 0.827. The smallest absolute Gasteiger partial charge is 0.203 e. The minimum Gasteiger partial charge on any atom is -0.493 e. The van der Waals surface area contributed by atoms with Gasteiger partial charge < -0.3 is 19.1 Å². The van der Waals surface area contributed by atoms with Crippen LogP contribution in [0.1, 0.15) is 5.56 Å². The fraction of sp³-hybridized carbons (Fsp3) is 0.600. The van der Waals surface area contributed by atoms with Crippen LogP contribution in [0.5, 0.6) is 17.2 Å². The highest BCUT2D eigenvalue weighted by Crippen LogP contribution is 2.40. The van der Waals surface area contributed by atoms with Crippen molar-refractivity contribution in [1.29, 1.82) is 0 Å². The molecule has 5 nitrogen and oxygen atoms in total. The largest absolute Gasteiger partial charge is 0.493 e. The van der Waals surface area contributed by atoms with E-state index in [0.717, 1.165) is 30.9 Å². The summed E-state index contributed by atoms with van der Waals surface area (Å²) in [4.78, 5) is 4.05. The first kappa shape index (κ1) is 14.9. The molecule has 0 atom stereocenters. The number of nitrogens with zero attached hydrogens (tertiary/aromatic N) is 1. The van der Waals surface area contributed by atoms with E-state index in [0.29, 0.717) is 11.5 Å². The van der Waals surface area contributed by atoms with E-state index in [1.165, 1.54) is 13.1 Å². The molecule has 1 N–H and O–H groups in total. The second kappa shape index (κ2) is 6.81. The van der Waals surface area contributed by atoms with E-state index in [2.05, 4.69) is 18.0 Å². The molecular formula is C15H25N2O3+. The van der Waals surface area contributed by atoms with Crippen LogP contribution in [0, 0.1) is 0 Å². The van der Waals surface area contributed by atoms with Crippen LogP contribution in [0.15, 0.2) is 12.1 Å². The molecule has 1 aromatic carbocycles. The van der Waals surface area contributed by atoms with Gasteiger partial charge in [-0.2, -0.15) is 0 Å². The van der Waals surface area contributed by atoms with E-state index in [1.54, 1.807) is 26.2 Å². The lowest BCUT2D eigenvalue weighted by Gasteiger charge is -2.30. The van der Waals surface area contributed by atoms with Crippen LogP contribution in [0.4, 0.5) is 0 Å². The lowest BCUT2D eigenvalue weighted by molar-refractivity contribution is -0.884. The molecule has 1 fully saturated rings. The summed E-state index contributed by atoms with van der Waals surface area (Å²) < 4.78 is 16.3. The van der Waals surface area contributed by atoms with Crippen LogP contribution in [0.3, 0.4) is 0 Å². The Hall–Kier alpha value is -1.46. The van der Waals surface area contributed by atoms with Crippen LogP contribution in [0.2, 0.25) is 0 Å². The van der Waals surface area contributed by atoms with Gasteiger partial charge in [-0.25, -0.2) is 0 Å². The van der Waals surface area contributed by atoms with Gasteiger partial charge in [0.15, 0.2) is 11.5 Å². The van der Waals surface area contributed by atoms with Gasteiger partial charge in [0.1, 0.15) is 0 Å². The van der Waals surface area contributed by atoms with Crippen molar-refractivity contribution >= 4 is 0 Å². The first-order chi connectivity index (χ1) is 9.69. The maximum Gasteiger partial charge on any atom is 0.203 e. The molecule has 1 aliphatic heterocycles. The first-order valence-corrected chi connectivity index (χ1v) is 7.01. The zero-order valence-electron chi connectivity index (χ0n) is 12.9. The number of nitrogens with one attached hydrogen (secondary N) is 1. The monoisotopic (exact) mass is 281 g/mol. The Balaban J connectivity index is 2.19. The SMILES string of the molecule is COc1ccc(CN2CC[NH+](C)CC2)c(OC)c1OC. The van der Waals surface area contributed by atoms with Crippen molar-refractivity contribution in [2.24, 2.45) is 0 Å². The molecule has 112 valence electrons. The third kappa shape index (κ3) is 3.16. The minimum absolute atomic E-state index is 0.673. The van der Waals surface area contributed by atoms with E-state index in [1.807, 2.05) is 6.07 Å². The number of piperazine rings is 1. The summed E-state index contributed by atoms with van der Waals surface area (Å²) in [5, 5.41) is 0.